The third kappa shape index (κ3) is 4.51. The van der Waals surface area contributed by atoms with Gasteiger partial charge in [0.15, 0.2) is 0 Å². The van der Waals surface area contributed by atoms with Crippen LogP contribution in [0.1, 0.15) is 25.7 Å². The molecule has 2 unspecified atom stereocenters. The zero-order valence-electron chi connectivity index (χ0n) is 11.5. The van der Waals surface area contributed by atoms with Crippen LogP contribution in [0.25, 0.3) is 0 Å². The first-order chi connectivity index (χ1) is 9.87. The number of aliphatic hydroxyl groups is 1. The summed E-state index contributed by atoms with van der Waals surface area (Å²) in [6, 6.07) is 0. The first-order valence-electron chi connectivity index (χ1n) is 6.79. The van der Waals surface area contributed by atoms with E-state index in [0.29, 0.717) is 6.42 Å². The molecule has 1 aromatic heterocycles. The summed E-state index contributed by atoms with van der Waals surface area (Å²) in [7, 11) is -3.70. The largest absolute Gasteiger partial charge is 0.480 e. The predicted octanol–water partition coefficient (Wildman–Crippen LogP) is -0.203. The molecule has 0 aromatic carbocycles. The van der Waals surface area contributed by atoms with E-state index in [4.69, 9.17) is 5.11 Å². The Kier molecular flexibility index (Phi) is 4.96. The third-order valence-corrected chi connectivity index (χ3v) is 4.91. The molecule has 21 heavy (non-hydrogen) atoms. The van der Waals surface area contributed by atoms with Crippen LogP contribution in [-0.2, 0) is 21.4 Å². The molecular weight excluding hydrogens is 298 g/mol. The number of carboxylic acid groups (broad SMARTS) is 1. The van der Waals surface area contributed by atoms with Crippen LogP contribution in [0.15, 0.2) is 17.3 Å². The Bertz CT molecular complexity index is 598. The third-order valence-electron chi connectivity index (χ3n) is 3.53. The average Bonchev–Trinajstić information content (AvgIpc) is 2.85. The SMILES string of the molecule is O=C(O)Cn1cc(S(=O)(=O)NCC2CCCC(O)C2)cn1. The van der Waals surface area contributed by atoms with Gasteiger partial charge in [-0.05, 0) is 25.2 Å². The lowest BCUT2D eigenvalue weighted by Crippen LogP contribution is -2.32. The Morgan fingerprint density at radius 1 is 1.48 bits per heavy atom. The van der Waals surface area contributed by atoms with Crippen molar-refractivity contribution in [2.45, 2.75) is 43.2 Å². The van der Waals surface area contributed by atoms with Crippen LogP contribution in [0.4, 0.5) is 0 Å². The number of nitrogens with one attached hydrogen (secondary N) is 1. The van der Waals surface area contributed by atoms with Gasteiger partial charge >= 0.3 is 5.97 Å². The van der Waals surface area contributed by atoms with E-state index in [1.807, 2.05) is 0 Å². The molecule has 1 saturated carbocycles. The topological polar surface area (TPSA) is 122 Å². The number of aromatic nitrogens is 2. The normalized spacial score (nSPS) is 23.1. The molecule has 0 radical (unpaired) electrons. The Morgan fingerprint density at radius 3 is 2.90 bits per heavy atom. The summed E-state index contributed by atoms with van der Waals surface area (Å²) >= 11 is 0. The summed E-state index contributed by atoms with van der Waals surface area (Å²) < 4.78 is 27.7. The second-order valence-electron chi connectivity index (χ2n) is 5.31. The highest BCUT2D eigenvalue weighted by molar-refractivity contribution is 7.89. The second kappa shape index (κ2) is 6.54. The Hall–Kier alpha value is -1.45. The summed E-state index contributed by atoms with van der Waals surface area (Å²) in [4.78, 5) is 10.5. The number of nitrogens with zero attached hydrogens (tertiary/aromatic N) is 2. The Labute approximate surface area is 122 Å². The number of hydrogen-bond donors (Lipinski definition) is 3. The number of rotatable bonds is 6. The molecule has 118 valence electrons. The average molecular weight is 317 g/mol. The van der Waals surface area contributed by atoms with Crippen molar-refractivity contribution in [3.63, 3.8) is 0 Å². The van der Waals surface area contributed by atoms with Crippen LogP contribution in [-0.4, -0.2) is 47.0 Å². The fourth-order valence-electron chi connectivity index (χ4n) is 2.47. The van der Waals surface area contributed by atoms with Gasteiger partial charge in [0.2, 0.25) is 10.0 Å². The quantitative estimate of drug-likeness (QED) is 0.668. The fourth-order valence-corrected chi connectivity index (χ4v) is 3.54. The lowest BCUT2D eigenvalue weighted by Gasteiger charge is -2.25. The monoisotopic (exact) mass is 317 g/mol. The van der Waals surface area contributed by atoms with E-state index in [1.165, 1.54) is 6.20 Å². The highest BCUT2D eigenvalue weighted by Crippen LogP contribution is 2.23. The molecule has 2 atom stereocenters. The molecule has 1 heterocycles. The maximum atomic E-state index is 12.1. The van der Waals surface area contributed by atoms with Gasteiger partial charge in [0.25, 0.3) is 0 Å². The van der Waals surface area contributed by atoms with Crippen molar-refractivity contribution in [1.82, 2.24) is 14.5 Å². The zero-order valence-corrected chi connectivity index (χ0v) is 12.3. The molecule has 8 nitrogen and oxygen atoms in total. The number of sulfonamides is 1. The Morgan fingerprint density at radius 2 is 2.24 bits per heavy atom. The molecule has 1 aliphatic carbocycles. The van der Waals surface area contributed by atoms with Crippen LogP contribution in [0.3, 0.4) is 0 Å². The van der Waals surface area contributed by atoms with Gasteiger partial charge in [-0.2, -0.15) is 5.10 Å². The van der Waals surface area contributed by atoms with E-state index in [1.54, 1.807) is 0 Å². The summed E-state index contributed by atoms with van der Waals surface area (Å²) in [6.45, 7) is -0.117. The van der Waals surface area contributed by atoms with E-state index in [-0.39, 0.29) is 30.0 Å². The summed E-state index contributed by atoms with van der Waals surface area (Å²) in [5.41, 5.74) is 0. The van der Waals surface area contributed by atoms with E-state index in [9.17, 15) is 18.3 Å². The van der Waals surface area contributed by atoms with Gasteiger partial charge in [-0.15, -0.1) is 0 Å². The first-order valence-corrected chi connectivity index (χ1v) is 8.27. The maximum Gasteiger partial charge on any atom is 0.325 e. The van der Waals surface area contributed by atoms with Crippen LogP contribution in [0.2, 0.25) is 0 Å². The van der Waals surface area contributed by atoms with Crippen molar-refractivity contribution in [2.75, 3.05) is 6.54 Å². The van der Waals surface area contributed by atoms with Gasteiger partial charge in [0.05, 0.1) is 12.3 Å². The molecule has 0 spiro atoms. The molecule has 3 N–H and O–H groups in total. The van der Waals surface area contributed by atoms with Crippen LogP contribution >= 0.6 is 0 Å². The van der Waals surface area contributed by atoms with Gasteiger partial charge in [-0.25, -0.2) is 13.1 Å². The number of carbonyl (C=O) groups is 1. The van der Waals surface area contributed by atoms with Crippen LogP contribution < -0.4 is 4.72 Å². The van der Waals surface area contributed by atoms with Gasteiger partial charge in [-0.1, -0.05) is 6.42 Å². The molecule has 2 rings (SSSR count). The van der Waals surface area contributed by atoms with Gasteiger partial charge in [-0.3, -0.25) is 9.48 Å². The van der Waals surface area contributed by atoms with Crippen molar-refractivity contribution < 1.29 is 23.4 Å². The summed E-state index contributed by atoms with van der Waals surface area (Å²) in [5.74, 6) is -0.969. The minimum atomic E-state index is -3.70. The molecule has 1 aliphatic rings. The first kappa shape index (κ1) is 15.9. The van der Waals surface area contributed by atoms with Crippen molar-refractivity contribution in [3.05, 3.63) is 12.4 Å². The van der Waals surface area contributed by atoms with E-state index in [2.05, 4.69) is 9.82 Å². The molecule has 0 amide bonds. The van der Waals surface area contributed by atoms with Crippen LogP contribution in [0.5, 0.6) is 0 Å². The minimum Gasteiger partial charge on any atom is -0.480 e. The predicted molar refractivity (Wildman–Crippen MR) is 73.0 cm³/mol. The molecule has 0 saturated heterocycles. The minimum absolute atomic E-state index is 0.0555. The Balaban J connectivity index is 1.94. The lowest BCUT2D eigenvalue weighted by molar-refractivity contribution is -0.137. The number of hydrogen-bond acceptors (Lipinski definition) is 5. The standard InChI is InChI=1S/C12H19N3O5S/c16-10-3-1-2-9(4-10)5-14-21(19,20)11-6-13-15(7-11)8-12(17)18/h6-7,9-10,14,16H,1-5,8H2,(H,17,18). The van der Waals surface area contributed by atoms with Gasteiger partial charge in [0, 0.05) is 12.7 Å². The highest BCUT2D eigenvalue weighted by atomic mass is 32.2. The smallest absolute Gasteiger partial charge is 0.325 e. The number of aliphatic hydroxyl groups excluding tert-OH is 1. The maximum absolute atomic E-state index is 12.1. The molecule has 1 fully saturated rings. The van der Waals surface area contributed by atoms with Crippen molar-refractivity contribution in [2.24, 2.45) is 5.92 Å². The number of aliphatic carboxylic acids is 1. The summed E-state index contributed by atoms with van der Waals surface area (Å²) in [6.07, 6.45) is 5.10. The van der Waals surface area contributed by atoms with E-state index >= 15 is 0 Å². The van der Waals surface area contributed by atoms with E-state index < -0.39 is 16.0 Å². The fraction of sp³-hybridized carbons (Fsp3) is 0.667. The molecule has 0 aliphatic heterocycles. The van der Waals surface area contributed by atoms with Crippen molar-refractivity contribution >= 4 is 16.0 Å². The molecule has 9 heteroatoms. The highest BCUT2D eigenvalue weighted by Gasteiger charge is 2.23. The number of carboxylic acids is 1. The molecular formula is C12H19N3O5S. The van der Waals surface area contributed by atoms with Crippen LogP contribution in [0, 0.1) is 5.92 Å². The zero-order chi connectivity index (χ0) is 15.5. The van der Waals surface area contributed by atoms with Gasteiger partial charge in [0.1, 0.15) is 11.4 Å². The van der Waals surface area contributed by atoms with Crippen molar-refractivity contribution in [1.29, 1.82) is 0 Å². The summed E-state index contributed by atoms with van der Waals surface area (Å²) in [5, 5.41) is 21.9. The lowest BCUT2D eigenvalue weighted by atomic mass is 9.87. The molecule has 0 bridgehead atoms. The second-order valence-corrected chi connectivity index (χ2v) is 7.07. The molecule has 1 aromatic rings. The van der Waals surface area contributed by atoms with Gasteiger partial charge < -0.3 is 10.2 Å². The van der Waals surface area contributed by atoms with Crippen molar-refractivity contribution in [3.8, 4) is 0 Å². The van der Waals surface area contributed by atoms with E-state index in [0.717, 1.165) is 30.1 Å².